The van der Waals surface area contributed by atoms with E-state index in [0.29, 0.717) is 10.7 Å². The fourth-order valence-corrected chi connectivity index (χ4v) is 3.43. The normalized spacial score (nSPS) is 10.8. The number of hydrogen-bond donors (Lipinski definition) is 0. The van der Waals surface area contributed by atoms with Crippen molar-refractivity contribution in [1.29, 1.82) is 0 Å². The molecule has 0 unspecified atom stereocenters. The maximum atomic E-state index is 12.3. The zero-order valence-corrected chi connectivity index (χ0v) is 15.1. The second-order valence-electron chi connectivity index (χ2n) is 5.62. The van der Waals surface area contributed by atoms with Crippen molar-refractivity contribution < 1.29 is 9.53 Å². The number of hydrogen-bond acceptors (Lipinski definition) is 5. The lowest BCUT2D eigenvalue weighted by atomic mass is 10.2. The molecule has 26 heavy (non-hydrogen) atoms. The molecule has 2 aromatic heterocycles. The van der Waals surface area contributed by atoms with Crippen LogP contribution >= 0.6 is 22.9 Å². The summed E-state index contributed by atoms with van der Waals surface area (Å²) in [4.78, 5) is 21.1. The van der Waals surface area contributed by atoms with Crippen molar-refractivity contribution in [1.82, 2.24) is 9.97 Å². The Bertz CT molecular complexity index is 1080. The highest BCUT2D eigenvalue weighted by Gasteiger charge is 2.12. The third-order valence-electron chi connectivity index (χ3n) is 3.80. The van der Waals surface area contributed by atoms with E-state index in [1.807, 2.05) is 60.0 Å². The number of carbonyl (C=O) groups is 1. The number of ether oxygens (including phenoxy) is 1. The molecule has 4 aromatic rings. The van der Waals surface area contributed by atoms with Crippen LogP contribution < -0.4 is 0 Å². The van der Waals surface area contributed by atoms with Gasteiger partial charge in [0, 0.05) is 21.4 Å². The summed E-state index contributed by atoms with van der Waals surface area (Å²) in [7, 11) is 0. The number of fused-ring (bicyclic) bond motifs is 1. The SMILES string of the molecule is O=C(OCc1csc(-c2ccc(Cl)cc2)n1)c1ccc2ccccc2n1. The second-order valence-corrected chi connectivity index (χ2v) is 6.91. The van der Waals surface area contributed by atoms with Gasteiger partial charge in [-0.2, -0.15) is 0 Å². The van der Waals surface area contributed by atoms with Gasteiger partial charge in [0.15, 0.2) is 0 Å². The topological polar surface area (TPSA) is 52.1 Å². The van der Waals surface area contributed by atoms with Gasteiger partial charge in [0.05, 0.1) is 11.2 Å². The Morgan fingerprint density at radius 2 is 1.81 bits per heavy atom. The molecule has 0 aliphatic carbocycles. The Hall–Kier alpha value is -2.76. The first-order chi connectivity index (χ1) is 12.7. The molecule has 0 spiro atoms. The van der Waals surface area contributed by atoms with E-state index in [1.54, 1.807) is 6.07 Å². The van der Waals surface area contributed by atoms with Crippen molar-refractivity contribution in [2.45, 2.75) is 6.61 Å². The zero-order valence-electron chi connectivity index (χ0n) is 13.6. The van der Waals surface area contributed by atoms with Gasteiger partial charge in [0.25, 0.3) is 0 Å². The minimum atomic E-state index is -0.461. The highest BCUT2D eigenvalue weighted by atomic mass is 35.5. The number of halogens is 1. The number of rotatable bonds is 4. The van der Waals surface area contributed by atoms with Crippen LogP contribution in [0.15, 0.2) is 66.0 Å². The Kier molecular flexibility index (Phi) is 4.65. The molecule has 0 aliphatic heterocycles. The lowest BCUT2D eigenvalue weighted by Gasteiger charge is -2.04. The van der Waals surface area contributed by atoms with Crippen LogP contribution in [0, 0.1) is 0 Å². The van der Waals surface area contributed by atoms with Crippen LogP contribution in [-0.4, -0.2) is 15.9 Å². The van der Waals surface area contributed by atoms with Crippen LogP contribution in [0.2, 0.25) is 5.02 Å². The molecule has 0 atom stereocenters. The molecule has 0 saturated heterocycles. The van der Waals surface area contributed by atoms with E-state index in [2.05, 4.69) is 9.97 Å². The standard InChI is InChI=1S/C20H13ClN2O2S/c21-15-8-5-14(6-9-15)19-22-16(12-26-19)11-25-20(24)18-10-7-13-3-1-2-4-17(13)23-18/h1-10,12H,11H2. The average Bonchev–Trinajstić information content (AvgIpc) is 3.15. The van der Waals surface area contributed by atoms with Gasteiger partial charge in [-0.3, -0.25) is 0 Å². The van der Waals surface area contributed by atoms with Crippen molar-refractivity contribution in [3.8, 4) is 10.6 Å². The minimum absolute atomic E-state index is 0.109. The van der Waals surface area contributed by atoms with E-state index in [4.69, 9.17) is 16.3 Å². The molecule has 0 bridgehead atoms. The summed E-state index contributed by atoms with van der Waals surface area (Å²) >= 11 is 7.40. The number of thiazole rings is 1. The molecule has 0 amide bonds. The molecule has 0 radical (unpaired) electrons. The molecule has 4 rings (SSSR count). The first kappa shape index (κ1) is 16.7. The second kappa shape index (κ2) is 7.23. The monoisotopic (exact) mass is 380 g/mol. The molecule has 2 heterocycles. The van der Waals surface area contributed by atoms with Crippen LogP contribution in [0.4, 0.5) is 0 Å². The third-order valence-corrected chi connectivity index (χ3v) is 4.99. The molecule has 2 aromatic carbocycles. The summed E-state index contributed by atoms with van der Waals surface area (Å²) in [5.41, 5.74) is 2.74. The van der Waals surface area contributed by atoms with E-state index in [-0.39, 0.29) is 12.3 Å². The largest absolute Gasteiger partial charge is 0.454 e. The number of carbonyl (C=O) groups excluding carboxylic acids is 1. The van der Waals surface area contributed by atoms with Gasteiger partial charge in [-0.25, -0.2) is 14.8 Å². The smallest absolute Gasteiger partial charge is 0.357 e. The predicted octanol–water partition coefficient (Wildman–Crippen LogP) is 5.37. The number of aromatic nitrogens is 2. The number of nitrogens with zero attached hydrogens (tertiary/aromatic N) is 2. The fourth-order valence-electron chi connectivity index (χ4n) is 2.49. The summed E-state index contributed by atoms with van der Waals surface area (Å²) in [5, 5.41) is 4.40. The summed E-state index contributed by atoms with van der Waals surface area (Å²) in [6.45, 7) is 0.109. The van der Waals surface area contributed by atoms with Crippen LogP contribution in [0.1, 0.15) is 16.2 Å². The van der Waals surface area contributed by atoms with E-state index >= 15 is 0 Å². The first-order valence-electron chi connectivity index (χ1n) is 7.92. The van der Waals surface area contributed by atoms with E-state index in [0.717, 1.165) is 21.5 Å². The van der Waals surface area contributed by atoms with E-state index in [1.165, 1.54) is 11.3 Å². The highest BCUT2D eigenvalue weighted by molar-refractivity contribution is 7.13. The van der Waals surface area contributed by atoms with Crippen LogP contribution in [0.25, 0.3) is 21.5 Å². The van der Waals surface area contributed by atoms with Gasteiger partial charge in [0.1, 0.15) is 17.3 Å². The van der Waals surface area contributed by atoms with Crippen molar-refractivity contribution in [3.05, 3.63) is 82.5 Å². The van der Waals surface area contributed by atoms with Crippen molar-refractivity contribution in [2.24, 2.45) is 0 Å². The Morgan fingerprint density at radius 1 is 1.00 bits per heavy atom. The van der Waals surface area contributed by atoms with E-state index < -0.39 is 5.97 Å². The summed E-state index contributed by atoms with van der Waals surface area (Å²) in [5.74, 6) is -0.461. The highest BCUT2D eigenvalue weighted by Crippen LogP contribution is 2.25. The molecule has 4 nitrogen and oxygen atoms in total. The number of para-hydroxylation sites is 1. The molecular formula is C20H13ClN2O2S. The van der Waals surface area contributed by atoms with Gasteiger partial charge in [-0.15, -0.1) is 11.3 Å². The first-order valence-corrected chi connectivity index (χ1v) is 9.18. The van der Waals surface area contributed by atoms with Gasteiger partial charge >= 0.3 is 5.97 Å². The molecule has 128 valence electrons. The quantitative estimate of drug-likeness (QED) is 0.447. The summed E-state index contributed by atoms with van der Waals surface area (Å²) in [6, 6.07) is 18.6. The average molecular weight is 381 g/mol. The Balaban J connectivity index is 1.45. The Morgan fingerprint density at radius 3 is 2.65 bits per heavy atom. The fraction of sp³-hybridized carbons (Fsp3) is 0.0500. The number of esters is 1. The molecule has 0 fully saturated rings. The maximum absolute atomic E-state index is 12.3. The van der Waals surface area contributed by atoms with Crippen LogP contribution in [-0.2, 0) is 11.3 Å². The van der Waals surface area contributed by atoms with Gasteiger partial charge < -0.3 is 4.74 Å². The van der Waals surface area contributed by atoms with Gasteiger partial charge in [-0.05, 0) is 24.3 Å². The van der Waals surface area contributed by atoms with Crippen molar-refractivity contribution in [3.63, 3.8) is 0 Å². The van der Waals surface area contributed by atoms with Gasteiger partial charge in [0.2, 0.25) is 0 Å². The van der Waals surface area contributed by atoms with Crippen molar-refractivity contribution in [2.75, 3.05) is 0 Å². The van der Waals surface area contributed by atoms with Crippen LogP contribution in [0.5, 0.6) is 0 Å². The molecule has 0 aliphatic rings. The molecular weight excluding hydrogens is 368 g/mol. The minimum Gasteiger partial charge on any atom is -0.454 e. The number of pyridine rings is 1. The summed E-state index contributed by atoms with van der Waals surface area (Å²) < 4.78 is 5.35. The van der Waals surface area contributed by atoms with Crippen LogP contribution in [0.3, 0.4) is 0 Å². The lowest BCUT2D eigenvalue weighted by molar-refractivity contribution is 0.0462. The third kappa shape index (κ3) is 3.59. The molecule has 0 saturated carbocycles. The zero-order chi connectivity index (χ0) is 17.9. The maximum Gasteiger partial charge on any atom is 0.357 e. The van der Waals surface area contributed by atoms with E-state index in [9.17, 15) is 4.79 Å². The predicted molar refractivity (Wildman–Crippen MR) is 103 cm³/mol. The number of benzene rings is 2. The molecule has 6 heteroatoms. The van der Waals surface area contributed by atoms with Gasteiger partial charge in [-0.1, -0.05) is 48.0 Å². The Labute approximate surface area is 159 Å². The molecule has 0 N–H and O–H groups in total. The summed E-state index contributed by atoms with van der Waals surface area (Å²) in [6.07, 6.45) is 0. The lowest BCUT2D eigenvalue weighted by Crippen LogP contribution is -2.07. The van der Waals surface area contributed by atoms with Crippen molar-refractivity contribution >= 4 is 39.8 Å².